The second-order valence-electron chi connectivity index (χ2n) is 3.72. The highest BCUT2D eigenvalue weighted by Crippen LogP contribution is 2.13. The van der Waals surface area contributed by atoms with Crippen molar-refractivity contribution in [1.82, 2.24) is 9.88 Å². The number of ether oxygens (including phenoxy) is 2. The molecule has 5 heteroatoms. The number of aromatic nitrogens is 1. The average molecular weight is 259 g/mol. The predicted octanol–water partition coefficient (Wildman–Crippen LogP) is 1.83. The fourth-order valence-electron chi connectivity index (χ4n) is 1.49. The molecule has 0 amide bonds. The molecule has 0 saturated heterocycles. The third kappa shape index (κ3) is 5.46. The fourth-order valence-corrected chi connectivity index (χ4v) is 1.67. The van der Waals surface area contributed by atoms with Gasteiger partial charge in [0.1, 0.15) is 5.15 Å². The van der Waals surface area contributed by atoms with E-state index in [9.17, 15) is 0 Å². The molecule has 0 unspecified atom stereocenters. The molecular weight excluding hydrogens is 240 g/mol. The second-order valence-corrected chi connectivity index (χ2v) is 4.07. The molecule has 0 bridgehead atoms. The number of hydrogen-bond donors (Lipinski definition) is 0. The van der Waals surface area contributed by atoms with E-state index >= 15 is 0 Å². The maximum atomic E-state index is 6.04. The summed E-state index contributed by atoms with van der Waals surface area (Å²) >= 11 is 6.04. The molecule has 0 aliphatic carbocycles. The van der Waals surface area contributed by atoms with Gasteiger partial charge in [0, 0.05) is 45.6 Å². The van der Waals surface area contributed by atoms with Gasteiger partial charge < -0.3 is 9.47 Å². The van der Waals surface area contributed by atoms with Gasteiger partial charge in [-0.2, -0.15) is 0 Å². The summed E-state index contributed by atoms with van der Waals surface area (Å²) in [6.07, 6.45) is 1.69. The highest BCUT2D eigenvalue weighted by Gasteiger charge is 2.08. The van der Waals surface area contributed by atoms with Crippen LogP contribution in [0, 0.1) is 0 Å². The lowest BCUT2D eigenvalue weighted by Gasteiger charge is -2.21. The van der Waals surface area contributed by atoms with E-state index in [0.29, 0.717) is 18.4 Å². The van der Waals surface area contributed by atoms with Gasteiger partial charge in [0.25, 0.3) is 0 Å². The van der Waals surface area contributed by atoms with Gasteiger partial charge in [-0.1, -0.05) is 17.7 Å². The summed E-state index contributed by atoms with van der Waals surface area (Å²) in [5, 5.41) is 0.562. The molecule has 96 valence electrons. The molecule has 1 rings (SSSR count). The first-order chi connectivity index (χ1) is 8.27. The van der Waals surface area contributed by atoms with Crippen LogP contribution in [0.5, 0.6) is 0 Å². The van der Waals surface area contributed by atoms with Crippen molar-refractivity contribution < 1.29 is 9.47 Å². The first-order valence-corrected chi connectivity index (χ1v) is 5.95. The summed E-state index contributed by atoms with van der Waals surface area (Å²) in [5.41, 5.74) is 1.03. The zero-order valence-corrected chi connectivity index (χ0v) is 11.1. The molecule has 0 spiro atoms. The standard InChI is InChI=1S/C12H19ClN2O2/c1-16-8-6-15(7-9-17-2)10-11-4-3-5-14-12(11)13/h3-5H,6-10H2,1-2H3. The first-order valence-electron chi connectivity index (χ1n) is 5.57. The number of nitrogens with zero attached hydrogens (tertiary/aromatic N) is 2. The minimum Gasteiger partial charge on any atom is -0.383 e. The van der Waals surface area contributed by atoms with Crippen molar-refractivity contribution in [3.05, 3.63) is 29.0 Å². The van der Waals surface area contributed by atoms with Crippen LogP contribution in [-0.2, 0) is 16.0 Å². The third-order valence-electron chi connectivity index (χ3n) is 2.45. The molecule has 1 aromatic rings. The molecule has 1 aromatic heterocycles. The Morgan fingerprint density at radius 3 is 2.41 bits per heavy atom. The van der Waals surface area contributed by atoms with Gasteiger partial charge in [-0.15, -0.1) is 0 Å². The quantitative estimate of drug-likeness (QED) is 0.667. The van der Waals surface area contributed by atoms with E-state index in [0.717, 1.165) is 25.2 Å². The van der Waals surface area contributed by atoms with Crippen LogP contribution in [0.4, 0.5) is 0 Å². The van der Waals surface area contributed by atoms with Crippen LogP contribution in [0.2, 0.25) is 5.15 Å². The van der Waals surface area contributed by atoms with Gasteiger partial charge in [-0.05, 0) is 6.07 Å². The van der Waals surface area contributed by atoms with E-state index in [1.807, 2.05) is 12.1 Å². The van der Waals surface area contributed by atoms with Crippen molar-refractivity contribution in [3.8, 4) is 0 Å². The van der Waals surface area contributed by atoms with Crippen LogP contribution in [0.15, 0.2) is 18.3 Å². The van der Waals surface area contributed by atoms with Crippen molar-refractivity contribution in [2.24, 2.45) is 0 Å². The summed E-state index contributed by atoms with van der Waals surface area (Å²) in [5.74, 6) is 0. The molecule has 0 fully saturated rings. The molecule has 0 radical (unpaired) electrons. The largest absolute Gasteiger partial charge is 0.383 e. The minimum atomic E-state index is 0.562. The Morgan fingerprint density at radius 1 is 1.24 bits per heavy atom. The van der Waals surface area contributed by atoms with Gasteiger partial charge in [0.2, 0.25) is 0 Å². The van der Waals surface area contributed by atoms with E-state index in [2.05, 4.69) is 9.88 Å². The summed E-state index contributed by atoms with van der Waals surface area (Å²) in [4.78, 5) is 6.30. The maximum Gasteiger partial charge on any atom is 0.133 e. The molecule has 1 heterocycles. The van der Waals surface area contributed by atoms with Crippen LogP contribution in [0.3, 0.4) is 0 Å². The lowest BCUT2D eigenvalue weighted by atomic mass is 10.2. The Morgan fingerprint density at radius 2 is 1.88 bits per heavy atom. The van der Waals surface area contributed by atoms with Gasteiger partial charge in [-0.25, -0.2) is 4.98 Å². The van der Waals surface area contributed by atoms with Crippen molar-refractivity contribution in [3.63, 3.8) is 0 Å². The summed E-state index contributed by atoms with van der Waals surface area (Å²) < 4.78 is 10.2. The van der Waals surface area contributed by atoms with Crippen LogP contribution in [0.25, 0.3) is 0 Å². The third-order valence-corrected chi connectivity index (χ3v) is 2.79. The van der Waals surface area contributed by atoms with E-state index in [1.54, 1.807) is 20.4 Å². The van der Waals surface area contributed by atoms with Gasteiger partial charge >= 0.3 is 0 Å². The van der Waals surface area contributed by atoms with Gasteiger partial charge in [0.15, 0.2) is 0 Å². The molecule has 0 aliphatic rings. The van der Waals surface area contributed by atoms with E-state index < -0.39 is 0 Å². The van der Waals surface area contributed by atoms with Crippen molar-refractivity contribution in [1.29, 1.82) is 0 Å². The first kappa shape index (κ1) is 14.4. The highest BCUT2D eigenvalue weighted by atomic mass is 35.5. The Labute approximate surface area is 107 Å². The van der Waals surface area contributed by atoms with Crippen LogP contribution < -0.4 is 0 Å². The Bertz CT molecular complexity index is 315. The average Bonchev–Trinajstić information content (AvgIpc) is 2.35. The lowest BCUT2D eigenvalue weighted by molar-refractivity contribution is 0.110. The monoisotopic (exact) mass is 258 g/mol. The zero-order chi connectivity index (χ0) is 12.5. The Hall–Kier alpha value is -0.680. The van der Waals surface area contributed by atoms with Crippen LogP contribution in [-0.4, -0.2) is 50.4 Å². The van der Waals surface area contributed by atoms with Crippen molar-refractivity contribution >= 4 is 11.6 Å². The van der Waals surface area contributed by atoms with Crippen molar-refractivity contribution in [2.75, 3.05) is 40.5 Å². The SMILES string of the molecule is COCCN(CCOC)Cc1cccnc1Cl. The predicted molar refractivity (Wildman–Crippen MR) is 68.3 cm³/mol. The molecule has 0 saturated carbocycles. The zero-order valence-electron chi connectivity index (χ0n) is 10.4. The summed E-state index contributed by atoms with van der Waals surface area (Å²) in [6, 6.07) is 3.88. The molecule has 0 aliphatic heterocycles. The van der Waals surface area contributed by atoms with Gasteiger partial charge in [-0.3, -0.25) is 4.90 Å². The molecule has 4 nitrogen and oxygen atoms in total. The maximum absolute atomic E-state index is 6.04. The molecule has 0 N–H and O–H groups in total. The van der Waals surface area contributed by atoms with Crippen molar-refractivity contribution in [2.45, 2.75) is 6.54 Å². The Kier molecular flexibility index (Phi) is 7.12. The van der Waals surface area contributed by atoms with E-state index in [1.165, 1.54) is 0 Å². The smallest absolute Gasteiger partial charge is 0.133 e. The Balaban J connectivity index is 2.55. The topological polar surface area (TPSA) is 34.6 Å². The number of rotatable bonds is 8. The normalized spacial score (nSPS) is 11.1. The fraction of sp³-hybridized carbons (Fsp3) is 0.583. The minimum absolute atomic E-state index is 0.562. The molecule has 17 heavy (non-hydrogen) atoms. The molecular formula is C12H19ClN2O2. The number of hydrogen-bond acceptors (Lipinski definition) is 4. The number of methoxy groups -OCH3 is 2. The summed E-state index contributed by atoms with van der Waals surface area (Å²) in [7, 11) is 3.40. The lowest BCUT2D eigenvalue weighted by Crippen LogP contribution is -2.30. The molecule has 0 atom stereocenters. The highest BCUT2D eigenvalue weighted by molar-refractivity contribution is 6.30. The van der Waals surface area contributed by atoms with Crippen LogP contribution in [0.1, 0.15) is 5.56 Å². The molecule has 0 aromatic carbocycles. The number of halogens is 1. The number of pyridine rings is 1. The van der Waals surface area contributed by atoms with E-state index in [4.69, 9.17) is 21.1 Å². The van der Waals surface area contributed by atoms with Gasteiger partial charge in [0.05, 0.1) is 13.2 Å². The summed E-state index contributed by atoms with van der Waals surface area (Å²) in [6.45, 7) is 3.86. The second kappa shape index (κ2) is 8.42. The van der Waals surface area contributed by atoms with E-state index in [-0.39, 0.29) is 0 Å². The van der Waals surface area contributed by atoms with Crippen LogP contribution >= 0.6 is 11.6 Å².